The van der Waals surface area contributed by atoms with E-state index in [9.17, 15) is 23.1 Å². The minimum Gasteiger partial charge on any atom is -0.479 e. The molecule has 2 aromatic carbocycles. The van der Waals surface area contributed by atoms with Crippen LogP contribution in [-0.2, 0) is 14.8 Å². The Kier molecular flexibility index (Phi) is 6.44. The van der Waals surface area contributed by atoms with Crippen LogP contribution in [0.4, 0.5) is 5.69 Å². The molecule has 0 radical (unpaired) electrons. The van der Waals surface area contributed by atoms with Crippen LogP contribution in [-0.4, -0.2) is 37.2 Å². The van der Waals surface area contributed by atoms with E-state index in [0.29, 0.717) is 10.4 Å². The zero-order chi connectivity index (χ0) is 21.9. The molecular formula is C19H14BrNO7S2. The third-order valence-corrected chi connectivity index (χ3v) is 7.41. The fourth-order valence-electron chi connectivity index (χ4n) is 2.55. The topological polar surface area (TPSA) is 130 Å². The number of hydrogen-bond acceptors (Lipinski definition) is 6. The maximum atomic E-state index is 12.7. The number of carbonyl (C=O) groups is 2. The number of para-hydroxylation sites is 1. The van der Waals surface area contributed by atoms with Gasteiger partial charge in [-0.05, 0) is 34.1 Å². The maximum Gasteiger partial charge on any atom is 0.349 e. The van der Waals surface area contributed by atoms with Gasteiger partial charge in [0, 0.05) is 5.56 Å². The van der Waals surface area contributed by atoms with Crippen molar-refractivity contribution < 1.29 is 33.0 Å². The molecule has 30 heavy (non-hydrogen) atoms. The van der Waals surface area contributed by atoms with Crippen LogP contribution >= 0.6 is 27.3 Å². The van der Waals surface area contributed by atoms with Crippen molar-refractivity contribution in [1.82, 2.24) is 0 Å². The largest absolute Gasteiger partial charge is 0.479 e. The first kappa shape index (κ1) is 21.8. The average molecular weight is 512 g/mol. The average Bonchev–Trinajstić information content (AvgIpc) is 3.03. The second-order valence-corrected chi connectivity index (χ2v) is 9.35. The Balaban J connectivity index is 2.07. The summed E-state index contributed by atoms with van der Waals surface area (Å²) in [7, 11) is -3.88. The monoisotopic (exact) mass is 511 g/mol. The zero-order valence-electron chi connectivity index (χ0n) is 15.0. The van der Waals surface area contributed by atoms with Crippen molar-refractivity contribution >= 4 is 54.9 Å². The SMILES string of the molecule is O=C(O)COc1c(C(=O)O)sc(-c2ccccc2NS(=O)(=O)c2ccccc2)c1Br. The number of carboxylic acids is 2. The molecule has 156 valence electrons. The van der Waals surface area contributed by atoms with Crippen molar-refractivity contribution in [1.29, 1.82) is 0 Å². The molecule has 3 rings (SSSR count). The predicted molar refractivity (Wildman–Crippen MR) is 115 cm³/mol. The summed E-state index contributed by atoms with van der Waals surface area (Å²) in [4.78, 5) is 22.7. The van der Waals surface area contributed by atoms with Crippen LogP contribution < -0.4 is 9.46 Å². The molecule has 0 fully saturated rings. The summed E-state index contributed by atoms with van der Waals surface area (Å²) < 4.78 is 33.3. The van der Waals surface area contributed by atoms with Crippen molar-refractivity contribution in [3.63, 3.8) is 0 Å². The van der Waals surface area contributed by atoms with Gasteiger partial charge in [0.15, 0.2) is 17.2 Å². The van der Waals surface area contributed by atoms with Gasteiger partial charge in [-0.2, -0.15) is 0 Å². The van der Waals surface area contributed by atoms with Crippen LogP contribution in [0.5, 0.6) is 5.75 Å². The number of benzene rings is 2. The van der Waals surface area contributed by atoms with E-state index in [1.165, 1.54) is 12.1 Å². The molecule has 0 aliphatic heterocycles. The van der Waals surface area contributed by atoms with E-state index in [2.05, 4.69) is 20.7 Å². The zero-order valence-corrected chi connectivity index (χ0v) is 18.3. The van der Waals surface area contributed by atoms with Gasteiger partial charge in [0.1, 0.15) is 0 Å². The summed E-state index contributed by atoms with van der Waals surface area (Å²) in [6.45, 7) is -0.725. The molecule has 0 saturated carbocycles. The molecule has 0 saturated heterocycles. The van der Waals surface area contributed by atoms with Crippen LogP contribution in [0.15, 0.2) is 64.0 Å². The lowest BCUT2D eigenvalue weighted by atomic mass is 10.1. The van der Waals surface area contributed by atoms with Crippen LogP contribution in [0.25, 0.3) is 10.4 Å². The van der Waals surface area contributed by atoms with Crippen molar-refractivity contribution in [2.45, 2.75) is 4.90 Å². The van der Waals surface area contributed by atoms with E-state index in [0.717, 1.165) is 11.3 Å². The second kappa shape index (κ2) is 8.86. The highest BCUT2D eigenvalue weighted by Gasteiger charge is 2.26. The Morgan fingerprint density at radius 1 is 1.03 bits per heavy atom. The fourth-order valence-corrected chi connectivity index (χ4v) is 5.56. The Labute approximate surface area is 183 Å². The Hall–Kier alpha value is -2.89. The third-order valence-electron chi connectivity index (χ3n) is 3.81. The van der Waals surface area contributed by atoms with Crippen LogP contribution in [0.3, 0.4) is 0 Å². The van der Waals surface area contributed by atoms with Gasteiger partial charge in [-0.3, -0.25) is 4.72 Å². The van der Waals surface area contributed by atoms with Gasteiger partial charge in [-0.25, -0.2) is 18.0 Å². The molecule has 0 unspecified atom stereocenters. The van der Waals surface area contributed by atoms with Gasteiger partial charge < -0.3 is 14.9 Å². The molecule has 8 nitrogen and oxygen atoms in total. The lowest BCUT2D eigenvalue weighted by Crippen LogP contribution is -2.13. The first-order valence-corrected chi connectivity index (χ1v) is 11.4. The van der Waals surface area contributed by atoms with E-state index >= 15 is 0 Å². The molecule has 0 aliphatic rings. The molecule has 3 N–H and O–H groups in total. The van der Waals surface area contributed by atoms with Crippen LogP contribution in [0.2, 0.25) is 0 Å². The highest BCUT2D eigenvalue weighted by molar-refractivity contribution is 9.10. The first-order chi connectivity index (χ1) is 14.2. The van der Waals surface area contributed by atoms with E-state index in [1.54, 1.807) is 42.5 Å². The van der Waals surface area contributed by atoms with Gasteiger partial charge in [-0.1, -0.05) is 36.4 Å². The second-order valence-electron chi connectivity index (χ2n) is 5.86. The van der Waals surface area contributed by atoms with Gasteiger partial charge >= 0.3 is 11.9 Å². The number of rotatable bonds is 8. The summed E-state index contributed by atoms with van der Waals surface area (Å²) in [5.41, 5.74) is 0.631. The number of halogens is 1. The van der Waals surface area contributed by atoms with Crippen molar-refractivity contribution in [2.75, 3.05) is 11.3 Å². The molecule has 1 aromatic heterocycles. The highest BCUT2D eigenvalue weighted by Crippen LogP contribution is 2.47. The number of hydrogen-bond donors (Lipinski definition) is 3. The number of sulfonamides is 1. The summed E-state index contributed by atoms with van der Waals surface area (Å²) in [5.74, 6) is -2.69. The Bertz CT molecular complexity index is 1210. The summed E-state index contributed by atoms with van der Waals surface area (Å²) in [6, 6.07) is 14.3. The molecular weight excluding hydrogens is 498 g/mol. The molecule has 0 bridgehead atoms. The smallest absolute Gasteiger partial charge is 0.349 e. The predicted octanol–water partition coefficient (Wildman–Crippen LogP) is 4.14. The number of ether oxygens (including phenoxy) is 1. The third kappa shape index (κ3) is 4.64. The minimum absolute atomic E-state index is 0.0711. The van der Waals surface area contributed by atoms with Crippen molar-refractivity contribution in [2.24, 2.45) is 0 Å². The summed E-state index contributed by atoms with van der Waals surface area (Å²) in [6.07, 6.45) is 0. The van der Waals surface area contributed by atoms with Crippen molar-refractivity contribution in [3.8, 4) is 16.2 Å². The number of anilines is 1. The van der Waals surface area contributed by atoms with E-state index < -0.39 is 28.6 Å². The lowest BCUT2D eigenvalue weighted by molar-refractivity contribution is -0.139. The maximum absolute atomic E-state index is 12.7. The molecule has 0 atom stereocenters. The number of aliphatic carboxylic acids is 1. The van der Waals surface area contributed by atoms with E-state index in [1.807, 2.05) is 0 Å². The first-order valence-electron chi connectivity index (χ1n) is 8.28. The van der Waals surface area contributed by atoms with Crippen molar-refractivity contribution in [3.05, 3.63) is 63.9 Å². The number of aromatic carboxylic acids is 1. The number of thiophene rings is 1. The van der Waals surface area contributed by atoms with Gasteiger partial charge in [0.05, 0.1) is 19.9 Å². The molecule has 0 aliphatic carbocycles. The van der Waals surface area contributed by atoms with Gasteiger partial charge in [0.25, 0.3) is 10.0 Å². The molecule has 11 heteroatoms. The Morgan fingerprint density at radius 2 is 1.67 bits per heavy atom. The number of nitrogens with one attached hydrogen (secondary N) is 1. The molecule has 1 heterocycles. The minimum atomic E-state index is -3.88. The lowest BCUT2D eigenvalue weighted by Gasteiger charge is -2.12. The Morgan fingerprint density at radius 3 is 2.30 bits per heavy atom. The quantitative estimate of drug-likeness (QED) is 0.414. The van der Waals surface area contributed by atoms with Crippen LogP contribution in [0.1, 0.15) is 9.67 Å². The standard InChI is InChI=1S/C19H14BrNO7S2/c20-15-16(28-10-14(22)23)18(19(24)25)29-17(15)12-8-4-5-9-13(12)21-30(26,27)11-6-2-1-3-7-11/h1-9,21H,10H2,(H,22,23)(H,24,25). The molecule has 0 amide bonds. The fraction of sp³-hybridized carbons (Fsp3) is 0.0526. The van der Waals surface area contributed by atoms with E-state index in [4.69, 9.17) is 9.84 Å². The highest BCUT2D eigenvalue weighted by atomic mass is 79.9. The molecule has 3 aromatic rings. The number of carboxylic acid groups (broad SMARTS) is 2. The summed E-state index contributed by atoms with van der Waals surface area (Å²) in [5, 5.41) is 18.3. The van der Waals surface area contributed by atoms with Gasteiger partial charge in [-0.15, -0.1) is 11.3 Å². The summed E-state index contributed by atoms with van der Waals surface area (Å²) >= 11 is 4.10. The van der Waals surface area contributed by atoms with E-state index in [-0.39, 0.29) is 25.7 Å². The van der Waals surface area contributed by atoms with Crippen LogP contribution in [0, 0.1) is 0 Å². The normalized spacial score (nSPS) is 11.1. The van der Waals surface area contributed by atoms with Gasteiger partial charge in [0.2, 0.25) is 0 Å². The molecule has 0 spiro atoms.